The summed E-state index contributed by atoms with van der Waals surface area (Å²) in [5.41, 5.74) is 7.32. The second-order valence-electron chi connectivity index (χ2n) is 5.39. The van der Waals surface area contributed by atoms with Crippen LogP contribution in [0.3, 0.4) is 0 Å². The van der Waals surface area contributed by atoms with Crippen LogP contribution in [0, 0.1) is 5.41 Å². The monoisotopic (exact) mass is 245 g/mol. The van der Waals surface area contributed by atoms with Gasteiger partial charge in [-0.15, -0.1) is 0 Å². The number of anilines is 1. The summed E-state index contributed by atoms with van der Waals surface area (Å²) < 4.78 is 0. The summed E-state index contributed by atoms with van der Waals surface area (Å²) in [6.07, 6.45) is 3.30. The van der Waals surface area contributed by atoms with Crippen molar-refractivity contribution in [3.8, 4) is 0 Å². The third-order valence-electron chi connectivity index (χ3n) is 2.93. The van der Waals surface area contributed by atoms with Crippen molar-refractivity contribution in [1.82, 2.24) is 15.0 Å². The average molecular weight is 245 g/mol. The Bertz CT molecular complexity index is 532. The lowest BCUT2D eigenvalue weighted by Gasteiger charge is -2.30. The second kappa shape index (κ2) is 4.86. The van der Waals surface area contributed by atoms with E-state index in [4.69, 9.17) is 5.73 Å². The molecule has 5 nitrogen and oxygen atoms in total. The van der Waals surface area contributed by atoms with E-state index in [-0.39, 0.29) is 11.5 Å². The first-order valence-corrected chi connectivity index (χ1v) is 6.05. The number of fused-ring (bicyclic) bond motifs is 1. The van der Waals surface area contributed by atoms with Crippen LogP contribution in [0.25, 0.3) is 11.2 Å². The van der Waals surface area contributed by atoms with E-state index in [2.05, 4.69) is 41.0 Å². The van der Waals surface area contributed by atoms with Crippen molar-refractivity contribution in [1.29, 1.82) is 0 Å². The summed E-state index contributed by atoms with van der Waals surface area (Å²) in [5, 5.41) is 3.36. The molecule has 0 spiro atoms. The first kappa shape index (κ1) is 12.7. The number of hydrogen-bond acceptors (Lipinski definition) is 5. The Kier molecular flexibility index (Phi) is 3.43. The molecule has 0 radical (unpaired) electrons. The van der Waals surface area contributed by atoms with Crippen molar-refractivity contribution in [2.75, 3.05) is 11.9 Å². The van der Waals surface area contributed by atoms with Gasteiger partial charge in [0.2, 0.25) is 0 Å². The number of pyridine rings is 1. The maximum atomic E-state index is 5.80. The molecule has 2 aromatic heterocycles. The molecule has 1 atom stereocenters. The summed E-state index contributed by atoms with van der Waals surface area (Å²) in [6.45, 7) is 7.01. The van der Waals surface area contributed by atoms with Crippen molar-refractivity contribution in [3.05, 3.63) is 24.5 Å². The van der Waals surface area contributed by atoms with Crippen LogP contribution in [0.4, 0.5) is 5.82 Å². The third-order valence-corrected chi connectivity index (χ3v) is 2.93. The van der Waals surface area contributed by atoms with Crippen LogP contribution < -0.4 is 11.1 Å². The Morgan fingerprint density at radius 1 is 1.22 bits per heavy atom. The van der Waals surface area contributed by atoms with Gasteiger partial charge in [0.25, 0.3) is 0 Å². The van der Waals surface area contributed by atoms with Gasteiger partial charge in [-0.05, 0) is 17.5 Å². The summed E-state index contributed by atoms with van der Waals surface area (Å²) in [5.74, 6) is 0.786. The normalized spacial score (nSPS) is 13.6. The molecular weight excluding hydrogens is 226 g/mol. The van der Waals surface area contributed by atoms with Crippen molar-refractivity contribution < 1.29 is 0 Å². The van der Waals surface area contributed by atoms with Gasteiger partial charge in [0.1, 0.15) is 11.3 Å². The van der Waals surface area contributed by atoms with E-state index in [9.17, 15) is 0 Å². The Morgan fingerprint density at radius 2 is 1.94 bits per heavy atom. The highest BCUT2D eigenvalue weighted by Crippen LogP contribution is 2.22. The summed E-state index contributed by atoms with van der Waals surface area (Å²) >= 11 is 0. The minimum atomic E-state index is 0.0771. The lowest BCUT2D eigenvalue weighted by molar-refractivity contribution is 0.345. The third kappa shape index (κ3) is 2.73. The Balaban J connectivity index is 2.26. The fraction of sp³-hybridized carbons (Fsp3) is 0.462. The highest BCUT2D eigenvalue weighted by molar-refractivity contribution is 5.71. The van der Waals surface area contributed by atoms with Crippen LogP contribution >= 0.6 is 0 Å². The molecule has 5 heteroatoms. The predicted molar refractivity (Wildman–Crippen MR) is 73.3 cm³/mol. The SMILES string of the molecule is CC(C)(C)C(CN)Nc1ccc2nccnc2n1. The van der Waals surface area contributed by atoms with Crippen molar-refractivity contribution in [3.63, 3.8) is 0 Å². The molecule has 1 unspecified atom stereocenters. The first-order chi connectivity index (χ1) is 8.50. The quantitative estimate of drug-likeness (QED) is 0.862. The number of nitrogens with one attached hydrogen (secondary N) is 1. The molecule has 0 aromatic carbocycles. The molecule has 0 saturated carbocycles. The number of nitrogens with two attached hydrogens (primary N) is 1. The standard InChI is InChI=1S/C13H19N5/c1-13(2,3)10(8-14)17-11-5-4-9-12(18-11)16-7-6-15-9/h4-7,10H,8,14H2,1-3H3,(H,16,17,18). The molecule has 18 heavy (non-hydrogen) atoms. The molecule has 0 aliphatic carbocycles. The fourth-order valence-corrected chi connectivity index (χ4v) is 1.74. The molecule has 2 rings (SSSR count). The molecule has 0 bridgehead atoms. The largest absolute Gasteiger partial charge is 0.365 e. The van der Waals surface area contributed by atoms with Gasteiger partial charge in [-0.2, -0.15) is 0 Å². The van der Waals surface area contributed by atoms with Crippen LogP contribution in [0.15, 0.2) is 24.5 Å². The zero-order valence-electron chi connectivity index (χ0n) is 11.0. The highest BCUT2D eigenvalue weighted by Gasteiger charge is 2.23. The van der Waals surface area contributed by atoms with Gasteiger partial charge in [-0.25, -0.2) is 9.97 Å². The Labute approximate surface area is 107 Å². The molecule has 0 aliphatic heterocycles. The van der Waals surface area contributed by atoms with Gasteiger partial charge in [0.15, 0.2) is 5.65 Å². The van der Waals surface area contributed by atoms with Crippen LogP contribution in [-0.2, 0) is 0 Å². The summed E-state index contributed by atoms with van der Waals surface area (Å²) in [6, 6.07) is 3.98. The molecule has 2 aromatic rings. The molecule has 0 saturated heterocycles. The Hall–Kier alpha value is -1.75. The highest BCUT2D eigenvalue weighted by atomic mass is 15.1. The van der Waals surface area contributed by atoms with Crippen molar-refractivity contribution >= 4 is 17.0 Å². The van der Waals surface area contributed by atoms with Crippen LogP contribution in [0.2, 0.25) is 0 Å². The van der Waals surface area contributed by atoms with E-state index in [1.165, 1.54) is 0 Å². The molecular formula is C13H19N5. The predicted octanol–water partition coefficient (Wildman–Crippen LogP) is 1.81. The zero-order valence-corrected chi connectivity index (χ0v) is 11.0. The van der Waals surface area contributed by atoms with E-state index in [0.717, 1.165) is 11.3 Å². The molecule has 2 heterocycles. The Morgan fingerprint density at radius 3 is 2.61 bits per heavy atom. The lowest BCUT2D eigenvalue weighted by Crippen LogP contribution is -2.40. The van der Waals surface area contributed by atoms with Gasteiger partial charge in [0.05, 0.1) is 0 Å². The minimum Gasteiger partial charge on any atom is -0.365 e. The molecule has 96 valence electrons. The summed E-state index contributed by atoms with van der Waals surface area (Å²) in [4.78, 5) is 12.8. The molecule has 3 N–H and O–H groups in total. The van der Waals surface area contributed by atoms with Gasteiger partial charge in [-0.1, -0.05) is 20.8 Å². The van der Waals surface area contributed by atoms with Gasteiger partial charge in [-0.3, -0.25) is 4.98 Å². The smallest absolute Gasteiger partial charge is 0.180 e. The average Bonchev–Trinajstić information content (AvgIpc) is 2.34. The minimum absolute atomic E-state index is 0.0771. The maximum absolute atomic E-state index is 5.80. The van der Waals surface area contributed by atoms with Crippen LogP contribution in [0.1, 0.15) is 20.8 Å². The van der Waals surface area contributed by atoms with Gasteiger partial charge >= 0.3 is 0 Å². The van der Waals surface area contributed by atoms with E-state index in [1.54, 1.807) is 12.4 Å². The zero-order chi connectivity index (χ0) is 13.2. The van der Waals surface area contributed by atoms with Gasteiger partial charge in [0, 0.05) is 25.0 Å². The molecule has 0 aliphatic rings. The lowest BCUT2D eigenvalue weighted by atomic mass is 9.87. The topological polar surface area (TPSA) is 76.7 Å². The van der Waals surface area contributed by atoms with Crippen LogP contribution in [-0.4, -0.2) is 27.5 Å². The number of aromatic nitrogens is 3. The fourth-order valence-electron chi connectivity index (χ4n) is 1.74. The number of nitrogens with zero attached hydrogens (tertiary/aromatic N) is 3. The number of rotatable bonds is 3. The second-order valence-corrected chi connectivity index (χ2v) is 5.39. The van der Waals surface area contributed by atoms with E-state index in [0.29, 0.717) is 12.2 Å². The van der Waals surface area contributed by atoms with E-state index >= 15 is 0 Å². The summed E-state index contributed by atoms with van der Waals surface area (Å²) in [7, 11) is 0. The molecule has 0 fully saturated rings. The molecule has 0 amide bonds. The van der Waals surface area contributed by atoms with Gasteiger partial charge < -0.3 is 11.1 Å². The van der Waals surface area contributed by atoms with Crippen molar-refractivity contribution in [2.24, 2.45) is 11.1 Å². The van der Waals surface area contributed by atoms with Crippen LogP contribution in [0.5, 0.6) is 0 Å². The van der Waals surface area contributed by atoms with E-state index in [1.807, 2.05) is 12.1 Å². The maximum Gasteiger partial charge on any atom is 0.180 e. The first-order valence-electron chi connectivity index (χ1n) is 6.05. The van der Waals surface area contributed by atoms with E-state index < -0.39 is 0 Å². The van der Waals surface area contributed by atoms with Crippen molar-refractivity contribution in [2.45, 2.75) is 26.8 Å². The number of hydrogen-bond donors (Lipinski definition) is 2.